The monoisotopic (exact) mass is 332 g/mol. The maximum atomic E-state index is 12.2. The molecular weight excluding hydrogens is 312 g/mol. The summed E-state index contributed by atoms with van der Waals surface area (Å²) in [5.74, 6) is -0.625. The topological polar surface area (TPSA) is 92.4 Å². The summed E-state index contributed by atoms with van der Waals surface area (Å²) >= 11 is 1.60. The number of nitrogens with one attached hydrogen (secondary N) is 1. The van der Waals surface area contributed by atoms with Crippen LogP contribution in [0.2, 0.25) is 0 Å². The van der Waals surface area contributed by atoms with Crippen molar-refractivity contribution in [3.05, 3.63) is 59.0 Å². The summed E-state index contributed by atoms with van der Waals surface area (Å²) in [6.45, 7) is 0. The van der Waals surface area contributed by atoms with E-state index in [1.165, 1.54) is 0 Å². The Kier molecular flexibility index (Phi) is 6.43. The molecule has 0 spiro atoms. The molecule has 0 saturated carbocycles. The van der Waals surface area contributed by atoms with Gasteiger partial charge in [0, 0.05) is 12.2 Å². The third-order valence-corrected chi connectivity index (χ3v) is 4.30. The van der Waals surface area contributed by atoms with E-state index in [-0.39, 0.29) is 6.42 Å². The number of allylic oxidation sites excluding steroid dienone is 1. The van der Waals surface area contributed by atoms with Crippen LogP contribution in [0.5, 0.6) is 0 Å². The van der Waals surface area contributed by atoms with E-state index in [1.54, 1.807) is 11.8 Å². The first-order valence-corrected chi connectivity index (χ1v) is 8.41. The lowest BCUT2D eigenvalue weighted by atomic mass is 10.0. The molecule has 0 aromatic heterocycles. The second-order valence-electron chi connectivity index (χ2n) is 5.33. The van der Waals surface area contributed by atoms with Crippen molar-refractivity contribution in [1.82, 2.24) is 5.32 Å². The summed E-state index contributed by atoms with van der Waals surface area (Å²) in [6, 6.07) is 7.66. The molecule has 0 bridgehead atoms. The lowest BCUT2D eigenvalue weighted by Crippen LogP contribution is -2.49. The number of thioether (sulfide) groups is 1. The van der Waals surface area contributed by atoms with Crippen LogP contribution >= 0.6 is 11.8 Å². The normalized spacial score (nSPS) is 16.3. The Hall–Kier alpha value is -2.05. The second kappa shape index (κ2) is 8.55. The molecule has 1 aliphatic heterocycles. The van der Waals surface area contributed by atoms with E-state index in [1.807, 2.05) is 47.9 Å². The number of hydrogen-bond acceptors (Lipinski definition) is 4. The zero-order valence-corrected chi connectivity index (χ0v) is 13.5. The molecule has 0 radical (unpaired) electrons. The molecule has 0 unspecified atom stereocenters. The zero-order valence-electron chi connectivity index (χ0n) is 12.6. The molecule has 1 amide bonds. The van der Waals surface area contributed by atoms with E-state index in [9.17, 15) is 14.7 Å². The number of carbonyl (C=O) groups excluding carboxylic acids is 1. The number of amides is 1. The second-order valence-corrected chi connectivity index (χ2v) is 6.23. The molecule has 1 aromatic rings. The van der Waals surface area contributed by atoms with Gasteiger partial charge >= 0.3 is 5.97 Å². The predicted molar refractivity (Wildman–Crippen MR) is 92.0 cm³/mol. The van der Waals surface area contributed by atoms with Crippen LogP contribution in [0.25, 0.3) is 0 Å². The van der Waals surface area contributed by atoms with Crippen LogP contribution in [0.4, 0.5) is 0 Å². The van der Waals surface area contributed by atoms with Crippen molar-refractivity contribution in [2.45, 2.75) is 24.9 Å². The summed E-state index contributed by atoms with van der Waals surface area (Å²) < 4.78 is 0. The minimum Gasteiger partial charge on any atom is -0.480 e. The highest BCUT2D eigenvalue weighted by Gasteiger charge is 2.24. The highest BCUT2D eigenvalue weighted by atomic mass is 32.2. The summed E-state index contributed by atoms with van der Waals surface area (Å²) in [6.07, 6.45) is 4.49. The highest BCUT2D eigenvalue weighted by Crippen LogP contribution is 2.19. The minimum absolute atomic E-state index is 0.253. The van der Waals surface area contributed by atoms with Gasteiger partial charge in [-0.1, -0.05) is 42.5 Å². The summed E-state index contributed by atoms with van der Waals surface area (Å²) in [4.78, 5) is 23.5. The molecule has 4 N–H and O–H groups in total. The molecule has 1 heterocycles. The van der Waals surface area contributed by atoms with Crippen LogP contribution in [0.15, 0.2) is 53.5 Å². The summed E-state index contributed by atoms with van der Waals surface area (Å²) in [5, 5.41) is 13.8. The quantitative estimate of drug-likeness (QED) is 0.707. The molecule has 2 rings (SSSR count). The Balaban J connectivity index is 1.93. The van der Waals surface area contributed by atoms with Crippen LogP contribution in [0.3, 0.4) is 0 Å². The molecule has 2 atom stereocenters. The van der Waals surface area contributed by atoms with Crippen molar-refractivity contribution in [2.24, 2.45) is 5.73 Å². The largest absolute Gasteiger partial charge is 0.480 e. The van der Waals surface area contributed by atoms with Crippen LogP contribution < -0.4 is 11.1 Å². The van der Waals surface area contributed by atoms with Crippen molar-refractivity contribution in [1.29, 1.82) is 0 Å². The molecule has 122 valence electrons. The van der Waals surface area contributed by atoms with E-state index in [4.69, 9.17) is 5.73 Å². The molecule has 23 heavy (non-hydrogen) atoms. The van der Waals surface area contributed by atoms with Gasteiger partial charge < -0.3 is 16.2 Å². The van der Waals surface area contributed by atoms with Crippen LogP contribution in [0, 0.1) is 0 Å². The number of nitrogens with two attached hydrogens (primary N) is 1. The molecular formula is C17H20N2O3S. The number of benzene rings is 1. The van der Waals surface area contributed by atoms with E-state index in [2.05, 4.69) is 5.32 Å². The van der Waals surface area contributed by atoms with E-state index >= 15 is 0 Å². The van der Waals surface area contributed by atoms with Gasteiger partial charge in [0.2, 0.25) is 5.91 Å². The molecule has 0 saturated heterocycles. The van der Waals surface area contributed by atoms with E-state index in [0.717, 1.165) is 16.9 Å². The Labute approximate surface area is 139 Å². The molecule has 6 heteroatoms. The van der Waals surface area contributed by atoms with E-state index < -0.39 is 24.0 Å². The number of carbonyl (C=O) groups is 2. The fraction of sp³-hybridized carbons (Fsp3) is 0.294. The molecule has 1 aromatic carbocycles. The molecule has 5 nitrogen and oxygen atoms in total. The van der Waals surface area contributed by atoms with Gasteiger partial charge in [-0.3, -0.25) is 4.79 Å². The van der Waals surface area contributed by atoms with Gasteiger partial charge in [-0.2, -0.15) is 0 Å². The van der Waals surface area contributed by atoms with Gasteiger partial charge in [-0.05, 0) is 23.0 Å². The zero-order chi connectivity index (χ0) is 16.7. The van der Waals surface area contributed by atoms with Gasteiger partial charge in [0.15, 0.2) is 0 Å². The summed E-state index contributed by atoms with van der Waals surface area (Å²) in [7, 11) is 0. The first kappa shape index (κ1) is 17.3. The SMILES string of the molecule is N[C@@H](Cc1ccccc1)C(=O)N[C@@H](CC1=CSCC=C1)C(=O)O. The number of aliphatic carboxylic acids is 1. The summed E-state index contributed by atoms with van der Waals surface area (Å²) in [5.41, 5.74) is 7.73. The maximum absolute atomic E-state index is 12.2. The van der Waals surface area contributed by atoms with Gasteiger partial charge in [0.25, 0.3) is 0 Å². The number of hydrogen-bond donors (Lipinski definition) is 3. The molecule has 1 aliphatic rings. The van der Waals surface area contributed by atoms with Crippen LogP contribution in [-0.4, -0.2) is 34.8 Å². The Morgan fingerprint density at radius 1 is 1.26 bits per heavy atom. The lowest BCUT2D eigenvalue weighted by molar-refractivity contribution is -0.141. The average Bonchev–Trinajstić information content (AvgIpc) is 2.56. The van der Waals surface area contributed by atoms with E-state index in [0.29, 0.717) is 6.42 Å². The fourth-order valence-corrected chi connectivity index (χ4v) is 2.93. The smallest absolute Gasteiger partial charge is 0.326 e. The van der Waals surface area contributed by atoms with Crippen LogP contribution in [-0.2, 0) is 16.0 Å². The first-order valence-electron chi connectivity index (χ1n) is 7.36. The number of carboxylic acids is 1. The lowest BCUT2D eigenvalue weighted by Gasteiger charge is -2.19. The highest BCUT2D eigenvalue weighted by molar-refractivity contribution is 8.02. The maximum Gasteiger partial charge on any atom is 0.326 e. The van der Waals surface area contributed by atoms with Crippen molar-refractivity contribution >= 4 is 23.6 Å². The van der Waals surface area contributed by atoms with Crippen molar-refractivity contribution in [2.75, 3.05) is 5.75 Å². The van der Waals surface area contributed by atoms with Crippen molar-refractivity contribution in [3.63, 3.8) is 0 Å². The van der Waals surface area contributed by atoms with Gasteiger partial charge in [-0.25, -0.2) is 4.79 Å². The fourth-order valence-electron chi connectivity index (χ4n) is 2.24. The van der Waals surface area contributed by atoms with Crippen molar-refractivity contribution < 1.29 is 14.7 Å². The Bertz CT molecular complexity index is 614. The number of carboxylic acid groups (broad SMARTS) is 1. The van der Waals surface area contributed by atoms with Gasteiger partial charge in [-0.15, -0.1) is 11.8 Å². The van der Waals surface area contributed by atoms with Gasteiger partial charge in [0.05, 0.1) is 6.04 Å². The Morgan fingerprint density at radius 2 is 2.00 bits per heavy atom. The average molecular weight is 332 g/mol. The molecule has 0 aliphatic carbocycles. The third-order valence-electron chi connectivity index (χ3n) is 3.45. The Morgan fingerprint density at radius 3 is 2.61 bits per heavy atom. The molecule has 0 fully saturated rings. The van der Waals surface area contributed by atoms with Gasteiger partial charge in [0.1, 0.15) is 6.04 Å². The number of rotatable bonds is 7. The predicted octanol–water partition coefficient (Wildman–Crippen LogP) is 1.70. The van der Waals surface area contributed by atoms with Crippen molar-refractivity contribution in [3.8, 4) is 0 Å². The third kappa shape index (κ3) is 5.58. The minimum atomic E-state index is -1.06. The standard InChI is InChI=1S/C17H20N2O3S/c18-14(9-12-5-2-1-3-6-12)16(20)19-15(17(21)22)10-13-7-4-8-23-11-13/h1-7,11,14-15H,8-10,18H2,(H,19,20)(H,21,22)/t14-,15-/m0/s1. The first-order chi connectivity index (χ1) is 11.1. The van der Waals surface area contributed by atoms with Crippen LogP contribution in [0.1, 0.15) is 12.0 Å².